The molecule has 2 N–H and O–H groups in total. The number of rotatable bonds is 6. The summed E-state index contributed by atoms with van der Waals surface area (Å²) in [7, 11) is 1.77. The summed E-state index contributed by atoms with van der Waals surface area (Å²) >= 11 is 0. The Balaban J connectivity index is 1.44. The Hall–Kier alpha value is -2.12. The molecule has 1 saturated heterocycles. The summed E-state index contributed by atoms with van der Waals surface area (Å²) in [6.45, 7) is 7.32. The van der Waals surface area contributed by atoms with Crippen molar-refractivity contribution < 1.29 is 14.7 Å². The Kier molecular flexibility index (Phi) is 6.91. The number of aliphatic hydroxyl groups excluding tert-OH is 1. The van der Waals surface area contributed by atoms with Crippen molar-refractivity contribution in [1.29, 1.82) is 0 Å². The maximum atomic E-state index is 12.5. The molecule has 1 saturated carbocycles. The van der Waals surface area contributed by atoms with E-state index in [-0.39, 0.29) is 18.0 Å². The van der Waals surface area contributed by atoms with E-state index in [1.807, 2.05) is 29.2 Å². The zero-order valence-electron chi connectivity index (χ0n) is 16.9. The normalized spacial score (nSPS) is 22.5. The van der Waals surface area contributed by atoms with Crippen LogP contribution < -0.4 is 5.32 Å². The van der Waals surface area contributed by atoms with Crippen LogP contribution in [0, 0.1) is 5.92 Å². The van der Waals surface area contributed by atoms with E-state index >= 15 is 0 Å². The molecule has 0 atom stereocenters. The molecule has 28 heavy (non-hydrogen) atoms. The molecule has 2 aliphatic rings. The van der Waals surface area contributed by atoms with Crippen molar-refractivity contribution in [1.82, 2.24) is 14.7 Å². The van der Waals surface area contributed by atoms with Crippen LogP contribution in [0.15, 0.2) is 24.3 Å². The third kappa shape index (κ3) is 5.45. The van der Waals surface area contributed by atoms with Crippen LogP contribution in [0.1, 0.15) is 25.3 Å². The molecule has 7 heteroatoms. The largest absolute Gasteiger partial charge is 0.393 e. The summed E-state index contributed by atoms with van der Waals surface area (Å²) in [5.74, 6) is 0.549. The molecule has 1 aromatic carbocycles. The summed E-state index contributed by atoms with van der Waals surface area (Å²) in [5, 5.41) is 12.2. The molecule has 0 spiro atoms. The van der Waals surface area contributed by atoms with E-state index in [0.29, 0.717) is 18.9 Å². The molecule has 1 aliphatic carbocycles. The summed E-state index contributed by atoms with van der Waals surface area (Å²) < 4.78 is 0. The van der Waals surface area contributed by atoms with E-state index < -0.39 is 0 Å². The van der Waals surface area contributed by atoms with Gasteiger partial charge < -0.3 is 25.1 Å². The number of likely N-dealkylation sites (N-methyl/N-ethyl adjacent to an activating group) is 1. The maximum Gasteiger partial charge on any atom is 0.321 e. The van der Waals surface area contributed by atoms with Gasteiger partial charge in [-0.3, -0.25) is 4.79 Å². The van der Waals surface area contributed by atoms with Gasteiger partial charge in [-0.1, -0.05) is 19.1 Å². The van der Waals surface area contributed by atoms with Gasteiger partial charge in [0.2, 0.25) is 5.91 Å². The SMILES string of the molecule is CCN1CCN(C(=O)Cc2ccc(NC(=O)N(C)CC3CC(O)C3)cc2)CC1. The molecular weight excluding hydrogens is 356 g/mol. The van der Waals surface area contributed by atoms with Gasteiger partial charge in [-0.25, -0.2) is 4.79 Å². The van der Waals surface area contributed by atoms with Gasteiger partial charge in [-0.2, -0.15) is 0 Å². The fourth-order valence-electron chi connectivity index (χ4n) is 3.84. The number of amides is 3. The molecule has 3 amide bonds. The topological polar surface area (TPSA) is 76.1 Å². The summed E-state index contributed by atoms with van der Waals surface area (Å²) in [6, 6.07) is 7.34. The minimum atomic E-state index is -0.202. The van der Waals surface area contributed by atoms with Crippen molar-refractivity contribution in [2.45, 2.75) is 32.3 Å². The number of nitrogens with one attached hydrogen (secondary N) is 1. The first kappa shape index (κ1) is 20.6. The van der Waals surface area contributed by atoms with Crippen LogP contribution in [0.5, 0.6) is 0 Å². The number of hydrogen-bond donors (Lipinski definition) is 2. The maximum absolute atomic E-state index is 12.5. The van der Waals surface area contributed by atoms with Crippen molar-refractivity contribution in [2.75, 3.05) is 51.6 Å². The lowest BCUT2D eigenvalue weighted by atomic mass is 9.82. The average molecular weight is 389 g/mol. The molecule has 0 aromatic heterocycles. The lowest BCUT2D eigenvalue weighted by Crippen LogP contribution is -2.48. The van der Waals surface area contributed by atoms with Crippen molar-refractivity contribution >= 4 is 17.6 Å². The first-order valence-electron chi connectivity index (χ1n) is 10.2. The van der Waals surface area contributed by atoms with Crippen molar-refractivity contribution in [3.8, 4) is 0 Å². The Morgan fingerprint density at radius 2 is 1.79 bits per heavy atom. The van der Waals surface area contributed by atoms with Gasteiger partial charge in [0.1, 0.15) is 0 Å². The van der Waals surface area contributed by atoms with Crippen LogP contribution in [0.3, 0.4) is 0 Å². The molecule has 0 unspecified atom stereocenters. The number of nitrogens with zero attached hydrogens (tertiary/aromatic N) is 3. The first-order chi connectivity index (χ1) is 13.4. The van der Waals surface area contributed by atoms with E-state index in [0.717, 1.165) is 56.8 Å². The summed E-state index contributed by atoms with van der Waals surface area (Å²) in [4.78, 5) is 30.7. The minimum Gasteiger partial charge on any atom is -0.393 e. The predicted octanol–water partition coefficient (Wildman–Crippen LogP) is 1.63. The zero-order valence-corrected chi connectivity index (χ0v) is 16.9. The number of carbonyl (C=O) groups is 2. The molecule has 3 rings (SSSR count). The van der Waals surface area contributed by atoms with E-state index in [4.69, 9.17) is 0 Å². The highest BCUT2D eigenvalue weighted by Gasteiger charge is 2.29. The van der Waals surface area contributed by atoms with Crippen LogP contribution in [0.4, 0.5) is 10.5 Å². The molecule has 2 fully saturated rings. The number of carbonyl (C=O) groups excluding carboxylic acids is 2. The van der Waals surface area contributed by atoms with Gasteiger partial charge in [0.05, 0.1) is 12.5 Å². The van der Waals surface area contributed by atoms with Crippen LogP contribution in [0.2, 0.25) is 0 Å². The summed E-state index contributed by atoms with van der Waals surface area (Å²) in [6.07, 6.45) is 1.73. The van der Waals surface area contributed by atoms with Gasteiger partial charge in [0.25, 0.3) is 0 Å². The Bertz CT molecular complexity index is 665. The Morgan fingerprint density at radius 1 is 1.14 bits per heavy atom. The van der Waals surface area contributed by atoms with Gasteiger partial charge >= 0.3 is 6.03 Å². The molecule has 154 valence electrons. The van der Waals surface area contributed by atoms with Gasteiger partial charge in [-0.05, 0) is 43.0 Å². The molecular formula is C21H32N4O3. The number of piperazine rings is 1. The second-order valence-corrected chi connectivity index (χ2v) is 7.99. The molecule has 1 aromatic rings. The molecule has 0 bridgehead atoms. The third-order valence-corrected chi connectivity index (χ3v) is 5.82. The third-order valence-electron chi connectivity index (χ3n) is 5.82. The van der Waals surface area contributed by atoms with Gasteiger partial charge in [-0.15, -0.1) is 0 Å². The number of anilines is 1. The lowest BCUT2D eigenvalue weighted by molar-refractivity contribution is -0.132. The van der Waals surface area contributed by atoms with Crippen molar-refractivity contribution in [2.24, 2.45) is 5.92 Å². The quantitative estimate of drug-likeness (QED) is 0.777. The fraction of sp³-hybridized carbons (Fsp3) is 0.619. The van der Waals surface area contributed by atoms with E-state index in [2.05, 4.69) is 17.1 Å². The number of benzene rings is 1. The van der Waals surface area contributed by atoms with Crippen molar-refractivity contribution in [3.63, 3.8) is 0 Å². The summed E-state index contributed by atoms with van der Waals surface area (Å²) in [5.41, 5.74) is 1.68. The average Bonchev–Trinajstić information content (AvgIpc) is 2.68. The van der Waals surface area contributed by atoms with Crippen LogP contribution >= 0.6 is 0 Å². The zero-order chi connectivity index (χ0) is 20.1. The van der Waals surface area contributed by atoms with Crippen LogP contribution in [-0.4, -0.2) is 84.2 Å². The number of urea groups is 1. The number of aliphatic hydroxyl groups is 1. The van der Waals surface area contributed by atoms with Crippen LogP contribution in [-0.2, 0) is 11.2 Å². The second kappa shape index (κ2) is 9.39. The highest BCUT2D eigenvalue weighted by atomic mass is 16.3. The second-order valence-electron chi connectivity index (χ2n) is 7.99. The molecule has 7 nitrogen and oxygen atoms in total. The first-order valence-corrected chi connectivity index (χ1v) is 10.2. The van der Waals surface area contributed by atoms with Crippen molar-refractivity contribution in [3.05, 3.63) is 29.8 Å². The molecule has 1 aliphatic heterocycles. The monoisotopic (exact) mass is 388 g/mol. The lowest BCUT2D eigenvalue weighted by Gasteiger charge is -2.34. The van der Waals surface area contributed by atoms with E-state index in [1.54, 1.807) is 11.9 Å². The molecule has 1 heterocycles. The standard InChI is InChI=1S/C21H32N4O3/c1-3-24-8-10-25(11-9-24)20(27)14-16-4-6-18(7-5-16)22-21(28)23(2)15-17-12-19(26)13-17/h4-7,17,19,26H,3,8-15H2,1-2H3,(H,22,28). The minimum absolute atomic E-state index is 0.154. The Morgan fingerprint density at radius 3 is 2.36 bits per heavy atom. The fourth-order valence-corrected chi connectivity index (χ4v) is 3.84. The Labute approximate surface area is 167 Å². The predicted molar refractivity (Wildman–Crippen MR) is 109 cm³/mol. The van der Waals surface area contributed by atoms with Gasteiger partial charge in [0.15, 0.2) is 0 Å². The molecule has 0 radical (unpaired) electrons. The van der Waals surface area contributed by atoms with Gasteiger partial charge in [0, 0.05) is 45.5 Å². The smallest absolute Gasteiger partial charge is 0.321 e. The van der Waals surface area contributed by atoms with E-state index in [1.165, 1.54) is 0 Å². The highest BCUT2D eigenvalue weighted by molar-refractivity contribution is 5.89. The van der Waals surface area contributed by atoms with Crippen LogP contribution in [0.25, 0.3) is 0 Å². The highest BCUT2D eigenvalue weighted by Crippen LogP contribution is 2.27. The number of hydrogen-bond acceptors (Lipinski definition) is 4. The van der Waals surface area contributed by atoms with E-state index in [9.17, 15) is 14.7 Å².